The molecule has 1 fully saturated rings. The Labute approximate surface area is 108 Å². The summed E-state index contributed by atoms with van der Waals surface area (Å²) >= 11 is 0. The van der Waals surface area contributed by atoms with Crippen molar-refractivity contribution in [1.82, 2.24) is 5.32 Å². The average molecular weight is 248 g/mol. The van der Waals surface area contributed by atoms with E-state index in [0.29, 0.717) is 12.3 Å². The van der Waals surface area contributed by atoms with Gasteiger partial charge in [-0.25, -0.2) is 4.79 Å². The quantitative estimate of drug-likeness (QED) is 0.863. The zero-order chi connectivity index (χ0) is 12.8. The molecule has 18 heavy (non-hydrogen) atoms. The van der Waals surface area contributed by atoms with Gasteiger partial charge in [-0.05, 0) is 25.0 Å². The smallest absolute Gasteiger partial charge is 0.410 e. The molecule has 0 heterocycles. The minimum Gasteiger partial charge on any atom is -0.410 e. The molecule has 3 N–H and O–H groups in total. The van der Waals surface area contributed by atoms with Crippen LogP contribution in [0.3, 0.4) is 0 Å². The molecule has 2 rings (SSSR count). The first kappa shape index (κ1) is 12.9. The second kappa shape index (κ2) is 5.87. The highest BCUT2D eigenvalue weighted by molar-refractivity contribution is 5.70. The van der Waals surface area contributed by atoms with E-state index in [0.717, 1.165) is 25.7 Å². The summed E-state index contributed by atoms with van der Waals surface area (Å²) in [5, 5.41) is 2.76. The molecule has 0 atom stereocenters. The van der Waals surface area contributed by atoms with Crippen molar-refractivity contribution in [3.8, 4) is 5.75 Å². The van der Waals surface area contributed by atoms with E-state index in [2.05, 4.69) is 5.32 Å². The highest BCUT2D eigenvalue weighted by Gasteiger charge is 2.27. The van der Waals surface area contributed by atoms with Crippen molar-refractivity contribution in [3.63, 3.8) is 0 Å². The molecule has 4 heteroatoms. The molecule has 1 aromatic rings. The highest BCUT2D eigenvalue weighted by Crippen LogP contribution is 2.25. The molecule has 0 unspecified atom stereocenters. The zero-order valence-corrected chi connectivity index (χ0v) is 10.5. The van der Waals surface area contributed by atoms with Crippen molar-refractivity contribution in [3.05, 3.63) is 30.3 Å². The minimum absolute atomic E-state index is 0.256. The van der Waals surface area contributed by atoms with Gasteiger partial charge in [0, 0.05) is 12.1 Å². The maximum atomic E-state index is 11.6. The Morgan fingerprint density at radius 2 is 1.89 bits per heavy atom. The van der Waals surface area contributed by atoms with Gasteiger partial charge in [-0.2, -0.15) is 0 Å². The lowest BCUT2D eigenvalue weighted by atomic mass is 9.82. The van der Waals surface area contributed by atoms with Gasteiger partial charge in [0.1, 0.15) is 5.75 Å². The molecule has 0 aromatic heterocycles. The number of nitrogens with two attached hydrogens (primary N) is 1. The number of hydrogen-bond acceptors (Lipinski definition) is 3. The molecule has 0 radical (unpaired) electrons. The van der Waals surface area contributed by atoms with Crippen LogP contribution < -0.4 is 15.8 Å². The van der Waals surface area contributed by atoms with E-state index in [4.69, 9.17) is 10.5 Å². The number of hydrogen-bond donors (Lipinski definition) is 2. The van der Waals surface area contributed by atoms with Crippen LogP contribution in [0.25, 0.3) is 0 Å². The van der Waals surface area contributed by atoms with Crippen LogP contribution in [0.2, 0.25) is 0 Å². The molecule has 0 aliphatic heterocycles. The minimum atomic E-state index is -0.434. The normalized spacial score (nSPS) is 18.1. The van der Waals surface area contributed by atoms with Crippen LogP contribution in [0.15, 0.2) is 30.3 Å². The van der Waals surface area contributed by atoms with Gasteiger partial charge < -0.3 is 15.8 Å². The van der Waals surface area contributed by atoms with E-state index in [-0.39, 0.29) is 5.54 Å². The zero-order valence-electron chi connectivity index (χ0n) is 10.5. The Hall–Kier alpha value is -1.55. The molecule has 1 aromatic carbocycles. The molecule has 1 aliphatic carbocycles. The average Bonchev–Trinajstić information content (AvgIpc) is 2.39. The lowest BCUT2D eigenvalue weighted by Gasteiger charge is -2.33. The predicted octanol–water partition coefficient (Wildman–Crippen LogP) is 2.44. The van der Waals surface area contributed by atoms with Gasteiger partial charge in [0.25, 0.3) is 0 Å². The van der Waals surface area contributed by atoms with Crippen LogP contribution in [-0.4, -0.2) is 18.2 Å². The lowest BCUT2D eigenvalue weighted by molar-refractivity contribution is 0.192. The van der Waals surface area contributed by atoms with Crippen molar-refractivity contribution in [1.29, 1.82) is 0 Å². The van der Waals surface area contributed by atoms with Crippen molar-refractivity contribution in [2.24, 2.45) is 5.73 Å². The number of amides is 1. The highest BCUT2D eigenvalue weighted by atomic mass is 16.6. The number of carbonyl (C=O) groups is 1. The van der Waals surface area contributed by atoms with Crippen molar-refractivity contribution < 1.29 is 9.53 Å². The molecule has 1 amide bonds. The van der Waals surface area contributed by atoms with Gasteiger partial charge in [0.05, 0.1) is 0 Å². The first-order chi connectivity index (χ1) is 8.68. The molecule has 4 nitrogen and oxygen atoms in total. The summed E-state index contributed by atoms with van der Waals surface area (Å²) in [5.41, 5.74) is 5.97. The summed E-state index contributed by atoms with van der Waals surface area (Å²) in [6, 6.07) is 9.03. The van der Waals surface area contributed by atoms with E-state index in [1.165, 1.54) is 6.42 Å². The monoisotopic (exact) mass is 248 g/mol. The van der Waals surface area contributed by atoms with Crippen molar-refractivity contribution in [2.45, 2.75) is 37.6 Å². The number of benzene rings is 1. The fourth-order valence-corrected chi connectivity index (χ4v) is 2.31. The fraction of sp³-hybridized carbons (Fsp3) is 0.500. The molecule has 0 bridgehead atoms. The standard InChI is InChI=1S/C14H20N2O2/c15-14(9-5-2-6-10-14)11-16-13(17)18-12-7-3-1-4-8-12/h1,3-4,7-8H,2,5-6,9-11,15H2,(H,16,17). The van der Waals surface area contributed by atoms with E-state index in [9.17, 15) is 4.79 Å². The van der Waals surface area contributed by atoms with Crippen LogP contribution in [-0.2, 0) is 0 Å². The number of carbonyl (C=O) groups excluding carboxylic acids is 1. The van der Waals surface area contributed by atoms with Gasteiger partial charge in [0.15, 0.2) is 0 Å². The molecule has 1 aliphatic rings. The van der Waals surface area contributed by atoms with Gasteiger partial charge in [0.2, 0.25) is 0 Å². The summed E-state index contributed by atoms with van der Waals surface area (Å²) in [4.78, 5) is 11.6. The van der Waals surface area contributed by atoms with Crippen LogP contribution >= 0.6 is 0 Å². The van der Waals surface area contributed by atoms with E-state index >= 15 is 0 Å². The van der Waals surface area contributed by atoms with E-state index in [1.54, 1.807) is 12.1 Å². The predicted molar refractivity (Wildman–Crippen MR) is 70.5 cm³/mol. The number of para-hydroxylation sites is 1. The SMILES string of the molecule is NC1(CNC(=O)Oc2ccccc2)CCCCC1. The Morgan fingerprint density at radius 1 is 1.22 bits per heavy atom. The summed E-state index contributed by atoms with van der Waals surface area (Å²) < 4.78 is 5.14. The van der Waals surface area contributed by atoms with Gasteiger partial charge in [-0.1, -0.05) is 37.5 Å². The Kier molecular flexibility index (Phi) is 4.20. The molecule has 0 saturated heterocycles. The Bertz CT molecular complexity index is 386. The third kappa shape index (κ3) is 3.74. The van der Waals surface area contributed by atoms with Crippen LogP contribution in [0.4, 0.5) is 4.79 Å². The third-order valence-corrected chi connectivity index (χ3v) is 3.39. The summed E-state index contributed by atoms with van der Waals surface area (Å²) in [5.74, 6) is 0.546. The first-order valence-electron chi connectivity index (χ1n) is 6.48. The molecular formula is C14H20N2O2. The molecule has 0 spiro atoms. The third-order valence-electron chi connectivity index (χ3n) is 3.39. The largest absolute Gasteiger partial charge is 0.412 e. The van der Waals surface area contributed by atoms with E-state index < -0.39 is 6.09 Å². The number of ether oxygens (including phenoxy) is 1. The van der Waals surface area contributed by atoms with Crippen molar-refractivity contribution >= 4 is 6.09 Å². The van der Waals surface area contributed by atoms with Gasteiger partial charge >= 0.3 is 6.09 Å². The molecular weight excluding hydrogens is 228 g/mol. The van der Waals surface area contributed by atoms with Crippen molar-refractivity contribution in [2.75, 3.05) is 6.54 Å². The van der Waals surface area contributed by atoms with Crippen LogP contribution in [0.5, 0.6) is 5.75 Å². The number of rotatable bonds is 3. The Balaban J connectivity index is 1.78. The molecule has 1 saturated carbocycles. The summed E-state index contributed by atoms with van der Waals surface area (Å²) in [6.07, 6.45) is 5.04. The number of nitrogens with one attached hydrogen (secondary N) is 1. The molecule has 98 valence electrons. The summed E-state index contributed by atoms with van der Waals surface area (Å²) in [6.45, 7) is 0.485. The second-order valence-electron chi connectivity index (χ2n) is 4.98. The topological polar surface area (TPSA) is 64.3 Å². The van der Waals surface area contributed by atoms with Gasteiger partial charge in [-0.3, -0.25) is 0 Å². The Morgan fingerprint density at radius 3 is 2.56 bits per heavy atom. The lowest BCUT2D eigenvalue weighted by Crippen LogP contribution is -2.51. The van der Waals surface area contributed by atoms with Crippen LogP contribution in [0, 0.1) is 0 Å². The summed E-state index contributed by atoms with van der Waals surface area (Å²) in [7, 11) is 0. The van der Waals surface area contributed by atoms with E-state index in [1.807, 2.05) is 18.2 Å². The fourth-order valence-electron chi connectivity index (χ4n) is 2.31. The van der Waals surface area contributed by atoms with Gasteiger partial charge in [-0.15, -0.1) is 0 Å². The maximum Gasteiger partial charge on any atom is 0.412 e. The first-order valence-corrected chi connectivity index (χ1v) is 6.48. The maximum absolute atomic E-state index is 11.6. The second-order valence-corrected chi connectivity index (χ2v) is 4.98. The van der Waals surface area contributed by atoms with Crippen LogP contribution in [0.1, 0.15) is 32.1 Å².